The lowest BCUT2D eigenvalue weighted by Crippen LogP contribution is -2.43. The standard InChI is InChI=1S/C19H26FNO2/c20-16-5-3-14(4-6-16)11-21-10-9-19-18(21)8-7-17(23-19)13-22-12-15-1-2-15/h3-6,15,17-19H,1-2,7-13H2/t17-,18-,19-/m1/s1. The number of rotatable bonds is 6. The summed E-state index contributed by atoms with van der Waals surface area (Å²) >= 11 is 0. The fraction of sp³-hybridized carbons (Fsp3) is 0.684. The van der Waals surface area contributed by atoms with Crippen molar-refractivity contribution >= 4 is 0 Å². The highest BCUT2D eigenvalue weighted by molar-refractivity contribution is 5.16. The van der Waals surface area contributed by atoms with Crippen LogP contribution >= 0.6 is 0 Å². The molecule has 0 aromatic heterocycles. The highest BCUT2D eigenvalue weighted by Gasteiger charge is 2.39. The highest BCUT2D eigenvalue weighted by Crippen LogP contribution is 2.33. The van der Waals surface area contributed by atoms with Gasteiger partial charge in [-0.3, -0.25) is 4.90 Å². The van der Waals surface area contributed by atoms with E-state index in [-0.39, 0.29) is 11.9 Å². The molecule has 4 heteroatoms. The number of benzene rings is 1. The molecule has 1 aliphatic carbocycles. The van der Waals surface area contributed by atoms with Crippen LogP contribution in [0.5, 0.6) is 0 Å². The number of hydrogen-bond acceptors (Lipinski definition) is 3. The summed E-state index contributed by atoms with van der Waals surface area (Å²) < 4.78 is 25.1. The molecule has 0 unspecified atom stereocenters. The van der Waals surface area contributed by atoms with Gasteiger partial charge >= 0.3 is 0 Å². The molecule has 0 amide bonds. The summed E-state index contributed by atoms with van der Waals surface area (Å²) in [4.78, 5) is 2.50. The van der Waals surface area contributed by atoms with Crippen LogP contribution in [-0.2, 0) is 16.0 Å². The monoisotopic (exact) mass is 319 g/mol. The number of halogens is 1. The lowest BCUT2D eigenvalue weighted by molar-refractivity contribution is -0.101. The maximum Gasteiger partial charge on any atom is 0.123 e. The molecule has 2 saturated heterocycles. The van der Waals surface area contributed by atoms with Crippen molar-refractivity contribution < 1.29 is 13.9 Å². The van der Waals surface area contributed by atoms with Crippen LogP contribution in [0.2, 0.25) is 0 Å². The largest absolute Gasteiger partial charge is 0.378 e. The first kappa shape index (κ1) is 15.6. The van der Waals surface area contributed by atoms with E-state index < -0.39 is 0 Å². The molecule has 0 bridgehead atoms. The third kappa shape index (κ3) is 3.93. The quantitative estimate of drug-likeness (QED) is 0.802. The van der Waals surface area contributed by atoms with Crippen LogP contribution in [0.15, 0.2) is 24.3 Å². The fourth-order valence-electron chi connectivity index (χ4n) is 3.88. The molecule has 4 rings (SSSR count). The van der Waals surface area contributed by atoms with Crippen LogP contribution in [0.3, 0.4) is 0 Å². The van der Waals surface area contributed by atoms with Gasteiger partial charge in [-0.05, 0) is 55.7 Å². The van der Waals surface area contributed by atoms with Crippen molar-refractivity contribution in [3.63, 3.8) is 0 Å². The average molecular weight is 319 g/mol. The third-order valence-electron chi connectivity index (χ3n) is 5.40. The van der Waals surface area contributed by atoms with E-state index in [1.165, 1.54) is 24.8 Å². The second-order valence-corrected chi connectivity index (χ2v) is 7.31. The van der Waals surface area contributed by atoms with Crippen LogP contribution in [0.1, 0.15) is 37.7 Å². The first-order chi connectivity index (χ1) is 11.3. The zero-order chi connectivity index (χ0) is 15.6. The molecule has 1 aromatic carbocycles. The fourth-order valence-corrected chi connectivity index (χ4v) is 3.88. The van der Waals surface area contributed by atoms with Crippen molar-refractivity contribution in [2.24, 2.45) is 5.92 Å². The summed E-state index contributed by atoms with van der Waals surface area (Å²) in [6, 6.07) is 7.39. The number of likely N-dealkylation sites (tertiary alicyclic amines) is 1. The Kier molecular flexibility index (Phi) is 4.65. The smallest absolute Gasteiger partial charge is 0.123 e. The first-order valence-electron chi connectivity index (χ1n) is 8.99. The Morgan fingerprint density at radius 1 is 1.04 bits per heavy atom. The van der Waals surface area contributed by atoms with Gasteiger partial charge in [-0.15, -0.1) is 0 Å². The second-order valence-electron chi connectivity index (χ2n) is 7.31. The zero-order valence-electron chi connectivity index (χ0n) is 13.6. The molecule has 0 radical (unpaired) electrons. The number of fused-ring (bicyclic) bond motifs is 1. The Bertz CT molecular complexity index is 517. The Morgan fingerprint density at radius 2 is 1.87 bits per heavy atom. The SMILES string of the molecule is Fc1ccc(CN2CC[C@H]3O[C@@H](COCC4CC4)CC[C@H]32)cc1. The van der Waals surface area contributed by atoms with Gasteiger partial charge in [0.1, 0.15) is 5.82 Å². The van der Waals surface area contributed by atoms with Gasteiger partial charge in [-0.2, -0.15) is 0 Å². The van der Waals surface area contributed by atoms with E-state index in [0.29, 0.717) is 12.1 Å². The van der Waals surface area contributed by atoms with Crippen molar-refractivity contribution in [2.75, 3.05) is 19.8 Å². The van der Waals surface area contributed by atoms with Gasteiger partial charge in [-0.25, -0.2) is 4.39 Å². The van der Waals surface area contributed by atoms with Crippen molar-refractivity contribution in [1.82, 2.24) is 4.90 Å². The molecule has 2 heterocycles. The Balaban J connectivity index is 1.26. The number of nitrogens with zero attached hydrogens (tertiary/aromatic N) is 1. The lowest BCUT2D eigenvalue weighted by atomic mass is 9.99. The number of ether oxygens (including phenoxy) is 2. The van der Waals surface area contributed by atoms with E-state index in [9.17, 15) is 4.39 Å². The minimum absolute atomic E-state index is 0.164. The van der Waals surface area contributed by atoms with E-state index in [2.05, 4.69) is 4.90 Å². The maximum absolute atomic E-state index is 13.0. The predicted molar refractivity (Wildman–Crippen MR) is 86.7 cm³/mol. The summed E-state index contributed by atoms with van der Waals surface area (Å²) in [6.07, 6.45) is 6.68. The van der Waals surface area contributed by atoms with Crippen LogP contribution in [0.25, 0.3) is 0 Å². The Labute approximate surface area is 137 Å². The van der Waals surface area contributed by atoms with Gasteiger partial charge in [0.05, 0.1) is 18.8 Å². The summed E-state index contributed by atoms with van der Waals surface area (Å²) in [5, 5.41) is 0. The van der Waals surface area contributed by atoms with Gasteiger partial charge in [0.2, 0.25) is 0 Å². The lowest BCUT2D eigenvalue weighted by Gasteiger charge is -2.36. The summed E-state index contributed by atoms with van der Waals surface area (Å²) in [5.74, 6) is 0.659. The highest BCUT2D eigenvalue weighted by atomic mass is 19.1. The predicted octanol–water partition coefficient (Wildman–Crippen LogP) is 3.37. The van der Waals surface area contributed by atoms with Gasteiger partial charge in [-0.1, -0.05) is 12.1 Å². The normalized spacial score (nSPS) is 31.3. The average Bonchev–Trinajstić information content (AvgIpc) is 3.30. The molecule has 126 valence electrons. The molecule has 23 heavy (non-hydrogen) atoms. The second kappa shape index (κ2) is 6.88. The van der Waals surface area contributed by atoms with E-state index in [1.54, 1.807) is 12.1 Å². The van der Waals surface area contributed by atoms with Crippen LogP contribution in [0, 0.1) is 11.7 Å². The van der Waals surface area contributed by atoms with Crippen LogP contribution < -0.4 is 0 Å². The molecule has 1 aromatic rings. The van der Waals surface area contributed by atoms with E-state index in [1.807, 2.05) is 12.1 Å². The zero-order valence-corrected chi connectivity index (χ0v) is 13.6. The first-order valence-corrected chi connectivity index (χ1v) is 8.99. The molecule has 0 N–H and O–H groups in total. The molecular weight excluding hydrogens is 293 g/mol. The van der Waals surface area contributed by atoms with Crippen LogP contribution in [0.4, 0.5) is 4.39 Å². The van der Waals surface area contributed by atoms with Crippen molar-refractivity contribution in [2.45, 2.75) is 56.9 Å². The molecular formula is C19H26FNO2. The van der Waals surface area contributed by atoms with Gasteiger partial charge < -0.3 is 9.47 Å². The minimum atomic E-state index is -0.164. The van der Waals surface area contributed by atoms with Crippen molar-refractivity contribution in [1.29, 1.82) is 0 Å². The van der Waals surface area contributed by atoms with Crippen molar-refractivity contribution in [3.05, 3.63) is 35.6 Å². The minimum Gasteiger partial charge on any atom is -0.378 e. The molecule has 2 aliphatic heterocycles. The molecule has 1 saturated carbocycles. The summed E-state index contributed by atoms with van der Waals surface area (Å²) in [7, 11) is 0. The Morgan fingerprint density at radius 3 is 2.65 bits per heavy atom. The molecule has 0 spiro atoms. The third-order valence-corrected chi connectivity index (χ3v) is 5.40. The molecule has 3 aliphatic rings. The van der Waals surface area contributed by atoms with Crippen molar-refractivity contribution in [3.8, 4) is 0 Å². The van der Waals surface area contributed by atoms with E-state index >= 15 is 0 Å². The topological polar surface area (TPSA) is 21.7 Å². The Hall–Kier alpha value is -0.970. The summed E-state index contributed by atoms with van der Waals surface area (Å²) in [5.41, 5.74) is 1.18. The van der Waals surface area contributed by atoms with Gasteiger partial charge in [0.25, 0.3) is 0 Å². The maximum atomic E-state index is 13.0. The van der Waals surface area contributed by atoms with Crippen LogP contribution in [-0.4, -0.2) is 42.9 Å². The molecule has 3 fully saturated rings. The van der Waals surface area contributed by atoms with Gasteiger partial charge in [0, 0.05) is 25.7 Å². The van der Waals surface area contributed by atoms with E-state index in [0.717, 1.165) is 45.1 Å². The number of hydrogen-bond donors (Lipinski definition) is 0. The van der Waals surface area contributed by atoms with Gasteiger partial charge in [0.15, 0.2) is 0 Å². The molecule has 3 nitrogen and oxygen atoms in total. The molecule has 3 atom stereocenters. The van der Waals surface area contributed by atoms with E-state index in [4.69, 9.17) is 9.47 Å². The summed E-state index contributed by atoms with van der Waals surface area (Å²) in [6.45, 7) is 3.65.